The molecular formula is C26H35N3O4. The molecule has 0 aliphatic rings. The molecule has 0 saturated heterocycles. The predicted octanol–water partition coefficient (Wildman–Crippen LogP) is 5.42. The number of carbonyl (C=O) groups excluding carboxylic acids is 1. The molecule has 0 bridgehead atoms. The van der Waals surface area contributed by atoms with Gasteiger partial charge in [-0.25, -0.2) is 15.0 Å². The van der Waals surface area contributed by atoms with Crippen molar-refractivity contribution in [3.8, 4) is 17.2 Å². The van der Waals surface area contributed by atoms with Crippen LogP contribution in [0.1, 0.15) is 62.9 Å². The molecule has 0 aliphatic heterocycles. The molecule has 1 aromatic heterocycles. The van der Waals surface area contributed by atoms with E-state index >= 15 is 0 Å². The lowest BCUT2D eigenvalue weighted by atomic mass is 10.1. The summed E-state index contributed by atoms with van der Waals surface area (Å²) in [5.41, 5.74) is 2.69. The summed E-state index contributed by atoms with van der Waals surface area (Å²) in [5, 5.41) is 0. The highest BCUT2D eigenvalue weighted by Crippen LogP contribution is 2.28. The number of hydrogen-bond acceptors (Lipinski definition) is 6. The zero-order valence-electron chi connectivity index (χ0n) is 20.2. The van der Waals surface area contributed by atoms with Crippen molar-refractivity contribution < 1.29 is 19.0 Å². The Morgan fingerprint density at radius 3 is 2.12 bits per heavy atom. The Bertz CT molecular complexity index is 901. The molecule has 0 spiro atoms. The van der Waals surface area contributed by atoms with E-state index in [9.17, 15) is 4.79 Å². The van der Waals surface area contributed by atoms with E-state index in [1.165, 1.54) is 0 Å². The van der Waals surface area contributed by atoms with E-state index in [1.807, 2.05) is 31.2 Å². The number of aromatic nitrogens is 2. The quantitative estimate of drug-likeness (QED) is 0.155. The van der Waals surface area contributed by atoms with Crippen molar-refractivity contribution in [2.24, 2.45) is 4.99 Å². The summed E-state index contributed by atoms with van der Waals surface area (Å²) in [7, 11) is 0. The number of nitrogens with zero attached hydrogens (tertiary/aromatic N) is 3. The average molecular weight is 454 g/mol. The highest BCUT2D eigenvalue weighted by molar-refractivity contribution is 5.98. The maximum atomic E-state index is 10.4. The lowest BCUT2D eigenvalue weighted by molar-refractivity contribution is -0.106. The van der Waals surface area contributed by atoms with Gasteiger partial charge in [0.15, 0.2) is 11.6 Å². The molecule has 2 aromatic rings. The second kappa shape index (κ2) is 14.8. The molecular weight excluding hydrogens is 418 g/mol. The van der Waals surface area contributed by atoms with Crippen LogP contribution in [0.3, 0.4) is 0 Å². The summed E-state index contributed by atoms with van der Waals surface area (Å²) < 4.78 is 17.4. The van der Waals surface area contributed by atoms with Crippen molar-refractivity contribution in [1.82, 2.24) is 9.97 Å². The van der Waals surface area contributed by atoms with Crippen molar-refractivity contribution in [3.63, 3.8) is 0 Å². The van der Waals surface area contributed by atoms with E-state index in [0.717, 1.165) is 54.7 Å². The summed E-state index contributed by atoms with van der Waals surface area (Å²) in [6.45, 7) is 9.71. The number of rotatable bonds is 15. The van der Waals surface area contributed by atoms with Gasteiger partial charge in [-0.3, -0.25) is 4.79 Å². The van der Waals surface area contributed by atoms with Crippen LogP contribution < -0.4 is 14.2 Å². The summed E-state index contributed by atoms with van der Waals surface area (Å²) >= 11 is 0. The molecule has 1 heterocycles. The first-order chi connectivity index (χ1) is 16.0. The first-order valence-electron chi connectivity index (χ1n) is 11.5. The van der Waals surface area contributed by atoms with Crippen LogP contribution in [0.15, 0.2) is 41.7 Å². The maximum Gasteiger partial charge on any atom is 0.233 e. The number of hydrogen-bond donors (Lipinski definition) is 0. The number of ether oxygens (including phenoxy) is 3. The van der Waals surface area contributed by atoms with Gasteiger partial charge in [-0.2, -0.15) is 0 Å². The third-order valence-corrected chi connectivity index (χ3v) is 5.02. The van der Waals surface area contributed by atoms with E-state index in [-0.39, 0.29) is 0 Å². The molecule has 178 valence electrons. The van der Waals surface area contributed by atoms with Crippen molar-refractivity contribution >= 4 is 12.1 Å². The predicted molar refractivity (Wildman–Crippen MR) is 131 cm³/mol. The summed E-state index contributed by atoms with van der Waals surface area (Å²) in [5.74, 6) is 2.88. The van der Waals surface area contributed by atoms with Crippen LogP contribution in [0, 0.1) is 13.8 Å². The molecule has 1 aromatic carbocycles. The largest absolute Gasteiger partial charge is 0.493 e. The van der Waals surface area contributed by atoms with Gasteiger partial charge in [0.25, 0.3) is 0 Å². The van der Waals surface area contributed by atoms with Crippen LogP contribution in [0.4, 0.5) is 0 Å². The lowest BCUT2D eigenvalue weighted by Crippen LogP contribution is -2.04. The topological polar surface area (TPSA) is 82.9 Å². The molecule has 0 atom stereocenters. The SMILES string of the molecule is C/C=C/COc1cc(C)c(OCCCCCCCOc2cnc(C(C)=NC=O)nc2)c(C)c1. The van der Waals surface area contributed by atoms with E-state index in [2.05, 4.69) is 28.8 Å². The Labute approximate surface area is 196 Å². The number of benzene rings is 1. The molecule has 33 heavy (non-hydrogen) atoms. The Kier molecular flexibility index (Phi) is 11.7. The number of amides is 1. The molecule has 7 heteroatoms. The van der Waals surface area contributed by atoms with Gasteiger partial charge < -0.3 is 14.2 Å². The molecule has 0 fully saturated rings. The van der Waals surface area contributed by atoms with Crippen molar-refractivity contribution in [1.29, 1.82) is 0 Å². The van der Waals surface area contributed by atoms with Crippen LogP contribution in [-0.4, -0.2) is 41.9 Å². The Morgan fingerprint density at radius 1 is 0.909 bits per heavy atom. The molecule has 7 nitrogen and oxygen atoms in total. The van der Waals surface area contributed by atoms with Gasteiger partial charge >= 0.3 is 0 Å². The summed E-state index contributed by atoms with van der Waals surface area (Å²) in [6.07, 6.45) is 13.0. The monoisotopic (exact) mass is 453 g/mol. The number of aliphatic imine (C=N–C) groups is 1. The lowest BCUT2D eigenvalue weighted by Gasteiger charge is -2.14. The van der Waals surface area contributed by atoms with Gasteiger partial charge in [0.05, 0.1) is 31.3 Å². The fourth-order valence-electron chi connectivity index (χ4n) is 3.28. The van der Waals surface area contributed by atoms with Crippen LogP contribution in [0.2, 0.25) is 0 Å². The zero-order valence-corrected chi connectivity index (χ0v) is 20.2. The van der Waals surface area contributed by atoms with Gasteiger partial charge in [-0.05, 0) is 63.8 Å². The Balaban J connectivity index is 1.58. The minimum atomic E-state index is 0.427. The highest BCUT2D eigenvalue weighted by atomic mass is 16.5. The standard InChI is InChI=1S/C26H35N3O4/c1-5-6-12-31-23-15-20(2)25(21(3)16-23)33-14-11-9-7-8-10-13-32-24-17-27-26(28-18-24)22(4)29-19-30/h5-6,15-19H,7-14H2,1-4H3/b6-5+,29-22?. The minimum absolute atomic E-state index is 0.427. The van der Waals surface area contributed by atoms with Crippen molar-refractivity contribution in [2.45, 2.75) is 59.8 Å². The van der Waals surface area contributed by atoms with E-state index < -0.39 is 0 Å². The van der Waals surface area contributed by atoms with Crippen LogP contribution in [0.25, 0.3) is 0 Å². The van der Waals surface area contributed by atoms with Crippen LogP contribution >= 0.6 is 0 Å². The molecule has 0 N–H and O–H groups in total. The van der Waals surface area contributed by atoms with Gasteiger partial charge in [-0.15, -0.1) is 0 Å². The number of unbranched alkanes of at least 4 members (excludes halogenated alkanes) is 4. The Hall–Kier alpha value is -3.22. The fraction of sp³-hybridized carbons (Fsp3) is 0.462. The van der Waals surface area contributed by atoms with Crippen LogP contribution in [0.5, 0.6) is 17.2 Å². The van der Waals surface area contributed by atoms with E-state index in [4.69, 9.17) is 14.2 Å². The first kappa shape index (κ1) is 26.0. The molecule has 1 amide bonds. The van der Waals surface area contributed by atoms with Gasteiger partial charge in [0, 0.05) is 0 Å². The van der Waals surface area contributed by atoms with Crippen LogP contribution in [-0.2, 0) is 4.79 Å². The average Bonchev–Trinajstić information content (AvgIpc) is 2.80. The van der Waals surface area contributed by atoms with Gasteiger partial charge in [0.2, 0.25) is 6.41 Å². The minimum Gasteiger partial charge on any atom is -0.493 e. The highest BCUT2D eigenvalue weighted by Gasteiger charge is 2.07. The summed E-state index contributed by atoms with van der Waals surface area (Å²) in [6, 6.07) is 4.06. The molecule has 0 aliphatic carbocycles. The number of aryl methyl sites for hydroxylation is 2. The van der Waals surface area contributed by atoms with E-state index in [1.54, 1.807) is 19.3 Å². The molecule has 0 unspecified atom stereocenters. The third kappa shape index (κ3) is 9.43. The smallest absolute Gasteiger partial charge is 0.233 e. The van der Waals surface area contributed by atoms with Gasteiger partial charge in [-0.1, -0.05) is 31.4 Å². The van der Waals surface area contributed by atoms with Crippen molar-refractivity contribution in [3.05, 3.63) is 53.6 Å². The molecule has 0 saturated carbocycles. The molecule has 0 radical (unpaired) electrons. The second-order valence-corrected chi connectivity index (χ2v) is 7.79. The van der Waals surface area contributed by atoms with Gasteiger partial charge in [0.1, 0.15) is 18.1 Å². The fourth-order valence-corrected chi connectivity index (χ4v) is 3.28. The second-order valence-electron chi connectivity index (χ2n) is 7.79. The third-order valence-electron chi connectivity index (χ3n) is 5.02. The summed E-state index contributed by atoms with van der Waals surface area (Å²) in [4.78, 5) is 22.3. The molecule has 2 rings (SSSR count). The number of allylic oxidation sites excluding steroid dienone is 1. The van der Waals surface area contributed by atoms with E-state index in [0.29, 0.717) is 43.5 Å². The number of carbonyl (C=O) groups is 1. The maximum absolute atomic E-state index is 10.4. The first-order valence-corrected chi connectivity index (χ1v) is 11.5. The Morgan fingerprint density at radius 2 is 1.52 bits per heavy atom. The zero-order chi connectivity index (χ0) is 23.9. The normalized spacial score (nSPS) is 11.6. The van der Waals surface area contributed by atoms with Crippen molar-refractivity contribution in [2.75, 3.05) is 19.8 Å².